The van der Waals surface area contributed by atoms with Crippen LogP contribution >= 0.6 is 0 Å². The number of methoxy groups -OCH3 is 1. The summed E-state index contributed by atoms with van der Waals surface area (Å²) in [5, 5.41) is 9.57. The Morgan fingerprint density at radius 3 is 2.67 bits per heavy atom. The molecule has 0 amide bonds. The Labute approximate surface area is 94.4 Å². The number of nitrogens with zero attached hydrogens (tertiary/aromatic N) is 1. The maximum absolute atomic E-state index is 9.57. The second kappa shape index (κ2) is 9.13. The monoisotopic (exact) mass is 217 g/mol. The van der Waals surface area contributed by atoms with Crippen LogP contribution in [0.4, 0.5) is 0 Å². The van der Waals surface area contributed by atoms with Gasteiger partial charge in [-0.25, -0.2) is 0 Å². The average molecular weight is 217 g/mol. The second-order valence-corrected chi connectivity index (χ2v) is 3.77. The van der Waals surface area contributed by atoms with Crippen molar-refractivity contribution in [3.8, 4) is 0 Å². The number of hydrogen-bond donors (Lipinski definition) is 1. The second-order valence-electron chi connectivity index (χ2n) is 3.77. The van der Waals surface area contributed by atoms with Crippen LogP contribution in [0.3, 0.4) is 0 Å². The Bertz CT molecular complexity index is 142. The van der Waals surface area contributed by atoms with Gasteiger partial charge in [0.05, 0.1) is 12.7 Å². The van der Waals surface area contributed by atoms with E-state index in [0.29, 0.717) is 12.6 Å². The van der Waals surface area contributed by atoms with Crippen LogP contribution in [-0.2, 0) is 4.74 Å². The maximum Gasteiger partial charge on any atom is 0.0788 e. The van der Waals surface area contributed by atoms with E-state index in [1.165, 1.54) is 19.4 Å². The summed E-state index contributed by atoms with van der Waals surface area (Å²) in [6, 6.07) is 0.579. The van der Waals surface area contributed by atoms with Gasteiger partial charge in [-0.2, -0.15) is 0 Å². The molecule has 1 saturated heterocycles. The quantitative estimate of drug-likeness (QED) is 0.763. The van der Waals surface area contributed by atoms with E-state index in [9.17, 15) is 5.11 Å². The molecule has 0 radical (unpaired) electrons. The molecular formula is C12H27NO2. The molecule has 1 N–H and O–H groups in total. The molecular weight excluding hydrogens is 190 g/mol. The number of aliphatic hydroxyl groups excluding tert-OH is 1. The molecule has 0 saturated carbocycles. The van der Waals surface area contributed by atoms with Crippen molar-refractivity contribution in [2.45, 2.75) is 52.2 Å². The van der Waals surface area contributed by atoms with Gasteiger partial charge in [-0.3, -0.25) is 0 Å². The minimum Gasteiger partial charge on any atom is -0.391 e. The van der Waals surface area contributed by atoms with Crippen molar-refractivity contribution in [3.05, 3.63) is 0 Å². The summed E-state index contributed by atoms with van der Waals surface area (Å²) < 4.78 is 4.91. The summed E-state index contributed by atoms with van der Waals surface area (Å²) in [7, 11) is 1.63. The van der Waals surface area contributed by atoms with Crippen molar-refractivity contribution in [2.24, 2.45) is 0 Å². The highest BCUT2D eigenvalue weighted by Gasteiger charge is 2.24. The number of rotatable bonds is 5. The van der Waals surface area contributed by atoms with E-state index in [1.54, 1.807) is 7.11 Å². The zero-order valence-electron chi connectivity index (χ0n) is 10.7. The first-order chi connectivity index (χ1) is 7.27. The molecule has 1 rings (SSSR count). The topological polar surface area (TPSA) is 32.7 Å². The lowest BCUT2D eigenvalue weighted by molar-refractivity contribution is 0.0427. The first-order valence-electron chi connectivity index (χ1n) is 6.19. The van der Waals surface area contributed by atoms with Crippen molar-refractivity contribution in [3.63, 3.8) is 0 Å². The molecule has 1 aliphatic heterocycles. The molecule has 0 aromatic rings. The Balaban J connectivity index is 0.000000921. The third-order valence-corrected chi connectivity index (χ3v) is 2.81. The molecule has 15 heavy (non-hydrogen) atoms. The lowest BCUT2D eigenvalue weighted by Crippen LogP contribution is -2.33. The predicted octanol–water partition coefficient (Wildman–Crippen LogP) is 1.89. The summed E-state index contributed by atoms with van der Waals surface area (Å²) in [5.41, 5.74) is 0. The fourth-order valence-corrected chi connectivity index (χ4v) is 2.15. The van der Waals surface area contributed by atoms with E-state index >= 15 is 0 Å². The van der Waals surface area contributed by atoms with Gasteiger partial charge in [-0.05, 0) is 32.4 Å². The zero-order chi connectivity index (χ0) is 11.7. The summed E-state index contributed by atoms with van der Waals surface area (Å²) in [4.78, 5) is 2.44. The van der Waals surface area contributed by atoms with Crippen molar-refractivity contribution >= 4 is 0 Å². The molecule has 1 aliphatic rings. The van der Waals surface area contributed by atoms with E-state index < -0.39 is 0 Å². The van der Waals surface area contributed by atoms with Gasteiger partial charge in [0.2, 0.25) is 0 Å². The molecule has 0 spiro atoms. The largest absolute Gasteiger partial charge is 0.391 e. The van der Waals surface area contributed by atoms with E-state index in [1.807, 2.05) is 13.8 Å². The first kappa shape index (κ1) is 14.9. The molecule has 92 valence electrons. The van der Waals surface area contributed by atoms with E-state index in [-0.39, 0.29) is 6.10 Å². The predicted molar refractivity (Wildman–Crippen MR) is 64.1 cm³/mol. The summed E-state index contributed by atoms with van der Waals surface area (Å²) in [6.45, 7) is 8.94. The van der Waals surface area contributed by atoms with Gasteiger partial charge in [0.25, 0.3) is 0 Å². The number of aliphatic hydroxyl groups is 1. The minimum atomic E-state index is -0.290. The van der Waals surface area contributed by atoms with E-state index in [4.69, 9.17) is 4.74 Å². The van der Waals surface area contributed by atoms with Gasteiger partial charge in [-0.15, -0.1) is 0 Å². The molecule has 0 bridgehead atoms. The third-order valence-electron chi connectivity index (χ3n) is 2.81. The lowest BCUT2D eigenvalue weighted by atomic mass is 10.1. The number of ether oxygens (including phenoxy) is 1. The maximum atomic E-state index is 9.57. The Hall–Kier alpha value is -0.120. The lowest BCUT2D eigenvalue weighted by Gasteiger charge is -2.24. The normalized spacial score (nSPS) is 23.4. The van der Waals surface area contributed by atoms with Crippen LogP contribution in [0.1, 0.15) is 40.0 Å². The van der Waals surface area contributed by atoms with Gasteiger partial charge in [0, 0.05) is 13.2 Å². The Morgan fingerprint density at radius 2 is 2.13 bits per heavy atom. The van der Waals surface area contributed by atoms with Gasteiger partial charge >= 0.3 is 0 Å². The smallest absolute Gasteiger partial charge is 0.0788 e. The van der Waals surface area contributed by atoms with Crippen molar-refractivity contribution < 1.29 is 9.84 Å². The van der Waals surface area contributed by atoms with E-state index in [0.717, 1.165) is 13.0 Å². The molecule has 1 heterocycles. The molecule has 2 unspecified atom stereocenters. The van der Waals surface area contributed by atoms with Crippen molar-refractivity contribution in [2.75, 3.05) is 26.8 Å². The summed E-state index contributed by atoms with van der Waals surface area (Å²) >= 11 is 0. The molecule has 0 aromatic carbocycles. The van der Waals surface area contributed by atoms with Crippen LogP contribution in [0.15, 0.2) is 0 Å². The van der Waals surface area contributed by atoms with Crippen LogP contribution in [-0.4, -0.2) is 49.0 Å². The van der Waals surface area contributed by atoms with Gasteiger partial charge in [0.1, 0.15) is 0 Å². The first-order valence-corrected chi connectivity index (χ1v) is 6.19. The molecule has 3 nitrogen and oxygen atoms in total. The zero-order valence-corrected chi connectivity index (χ0v) is 10.7. The Morgan fingerprint density at radius 1 is 1.47 bits per heavy atom. The highest BCUT2D eigenvalue weighted by molar-refractivity contribution is 4.80. The molecule has 1 fully saturated rings. The van der Waals surface area contributed by atoms with Crippen LogP contribution in [0, 0.1) is 0 Å². The highest BCUT2D eigenvalue weighted by Crippen LogP contribution is 2.20. The molecule has 0 aromatic heterocycles. The SMILES string of the molecule is CC.CCN1CCCC1CC(O)COC. The molecule has 2 atom stereocenters. The van der Waals surface area contributed by atoms with E-state index in [2.05, 4.69) is 11.8 Å². The summed E-state index contributed by atoms with van der Waals surface area (Å²) in [5.74, 6) is 0. The Kier molecular flexibility index (Phi) is 9.06. The van der Waals surface area contributed by atoms with Crippen LogP contribution in [0.25, 0.3) is 0 Å². The molecule has 0 aliphatic carbocycles. The highest BCUT2D eigenvalue weighted by atomic mass is 16.5. The third kappa shape index (κ3) is 5.50. The number of likely N-dealkylation sites (tertiary alicyclic amines) is 1. The fraction of sp³-hybridized carbons (Fsp3) is 1.00. The van der Waals surface area contributed by atoms with Crippen molar-refractivity contribution in [1.82, 2.24) is 4.90 Å². The molecule has 3 heteroatoms. The van der Waals surface area contributed by atoms with Crippen LogP contribution < -0.4 is 0 Å². The van der Waals surface area contributed by atoms with Gasteiger partial charge < -0.3 is 14.7 Å². The van der Waals surface area contributed by atoms with Crippen LogP contribution in [0.5, 0.6) is 0 Å². The average Bonchev–Trinajstić information content (AvgIpc) is 2.68. The standard InChI is InChI=1S/C10H21NO2.C2H6/c1-3-11-6-4-5-9(11)7-10(12)8-13-2;1-2/h9-10,12H,3-8H2,1-2H3;1-2H3. The van der Waals surface area contributed by atoms with Gasteiger partial charge in [-0.1, -0.05) is 20.8 Å². The number of hydrogen-bond acceptors (Lipinski definition) is 3. The fourth-order valence-electron chi connectivity index (χ4n) is 2.15. The summed E-state index contributed by atoms with van der Waals surface area (Å²) in [6.07, 6.45) is 3.08. The van der Waals surface area contributed by atoms with Crippen LogP contribution in [0.2, 0.25) is 0 Å². The van der Waals surface area contributed by atoms with Gasteiger partial charge in [0.15, 0.2) is 0 Å². The minimum absolute atomic E-state index is 0.290. The van der Waals surface area contributed by atoms with Crippen molar-refractivity contribution in [1.29, 1.82) is 0 Å².